The summed E-state index contributed by atoms with van der Waals surface area (Å²) in [7, 11) is 1.62. The van der Waals surface area contributed by atoms with Gasteiger partial charge < -0.3 is 23.7 Å². The van der Waals surface area contributed by atoms with Gasteiger partial charge in [-0.3, -0.25) is 4.79 Å². The Morgan fingerprint density at radius 3 is 2.53 bits per heavy atom. The maximum absolute atomic E-state index is 12.5. The van der Waals surface area contributed by atoms with Crippen molar-refractivity contribution < 1.29 is 19.0 Å². The number of benzene rings is 1. The van der Waals surface area contributed by atoms with Crippen LogP contribution < -0.4 is 9.47 Å². The number of methoxy groups -OCH3 is 1. The third-order valence-corrected chi connectivity index (χ3v) is 5.67. The van der Waals surface area contributed by atoms with Gasteiger partial charge in [0.25, 0.3) is 0 Å². The van der Waals surface area contributed by atoms with Crippen LogP contribution in [0.4, 0.5) is 0 Å². The van der Waals surface area contributed by atoms with Crippen molar-refractivity contribution in [1.29, 1.82) is 0 Å². The summed E-state index contributed by atoms with van der Waals surface area (Å²) in [6, 6.07) is 7.54. The summed E-state index contributed by atoms with van der Waals surface area (Å²) in [6.45, 7) is 9.46. The van der Waals surface area contributed by atoms with E-state index in [4.69, 9.17) is 14.2 Å². The number of hydrogen-bond donors (Lipinski definition) is 0. The number of thioether (sulfide) groups is 1. The van der Waals surface area contributed by atoms with E-state index in [0.717, 1.165) is 17.5 Å². The number of hydrogen-bond acceptors (Lipinski definition) is 7. The molecule has 1 saturated heterocycles. The van der Waals surface area contributed by atoms with Gasteiger partial charge in [0.05, 0.1) is 26.1 Å². The summed E-state index contributed by atoms with van der Waals surface area (Å²) in [5.74, 6) is 2.89. The Morgan fingerprint density at radius 2 is 1.87 bits per heavy atom. The minimum atomic E-state index is -0.322. The molecule has 1 aliphatic rings. The normalized spacial score (nSPS) is 15.3. The molecule has 0 aliphatic carbocycles. The molecular weight excluding hydrogens is 404 g/mol. The van der Waals surface area contributed by atoms with E-state index < -0.39 is 0 Å². The zero-order valence-electron chi connectivity index (χ0n) is 18.0. The lowest BCUT2D eigenvalue weighted by molar-refractivity contribution is -0.132. The van der Waals surface area contributed by atoms with Gasteiger partial charge in [-0.05, 0) is 25.0 Å². The summed E-state index contributed by atoms with van der Waals surface area (Å²) < 4.78 is 18.9. The predicted molar refractivity (Wildman–Crippen MR) is 115 cm³/mol. The lowest BCUT2D eigenvalue weighted by Crippen LogP contribution is -2.41. The van der Waals surface area contributed by atoms with Crippen LogP contribution in [0.5, 0.6) is 11.5 Å². The molecule has 1 aromatic heterocycles. The van der Waals surface area contributed by atoms with Gasteiger partial charge in [-0.2, -0.15) is 0 Å². The average Bonchev–Trinajstić information content (AvgIpc) is 3.14. The van der Waals surface area contributed by atoms with Gasteiger partial charge in [0.1, 0.15) is 0 Å². The Hall–Kier alpha value is -2.26. The lowest BCUT2D eigenvalue weighted by Gasteiger charge is -2.26. The van der Waals surface area contributed by atoms with Crippen molar-refractivity contribution in [3.05, 3.63) is 30.1 Å². The fraction of sp³-hybridized carbons (Fsp3) is 0.571. The van der Waals surface area contributed by atoms with Crippen LogP contribution in [0.1, 0.15) is 32.7 Å². The van der Waals surface area contributed by atoms with Gasteiger partial charge in [-0.1, -0.05) is 37.7 Å². The second kappa shape index (κ2) is 10.7. The molecule has 9 heteroatoms. The van der Waals surface area contributed by atoms with Crippen LogP contribution in [-0.4, -0.2) is 64.7 Å². The summed E-state index contributed by atoms with van der Waals surface area (Å²) >= 11 is 1.42. The van der Waals surface area contributed by atoms with Crippen LogP contribution in [0.25, 0.3) is 0 Å². The highest BCUT2D eigenvalue weighted by Crippen LogP contribution is 2.31. The highest BCUT2D eigenvalue weighted by molar-refractivity contribution is 7.99. The Balaban J connectivity index is 1.73. The monoisotopic (exact) mass is 434 g/mol. The molecule has 1 atom stereocenters. The third-order valence-electron chi connectivity index (χ3n) is 4.72. The molecule has 1 unspecified atom stereocenters. The number of ether oxygens (including phenoxy) is 3. The highest BCUT2D eigenvalue weighted by Gasteiger charge is 2.23. The molecule has 1 aromatic carbocycles. The van der Waals surface area contributed by atoms with E-state index in [9.17, 15) is 4.79 Å². The maximum atomic E-state index is 12.5. The number of morpholine rings is 1. The first kappa shape index (κ1) is 22.4. The fourth-order valence-corrected chi connectivity index (χ4v) is 4.09. The molecule has 2 heterocycles. The topological polar surface area (TPSA) is 78.7 Å². The van der Waals surface area contributed by atoms with Gasteiger partial charge in [-0.25, -0.2) is 0 Å². The van der Waals surface area contributed by atoms with Crippen molar-refractivity contribution in [2.24, 2.45) is 5.92 Å². The van der Waals surface area contributed by atoms with Crippen molar-refractivity contribution >= 4 is 17.7 Å². The van der Waals surface area contributed by atoms with Crippen molar-refractivity contribution in [2.45, 2.75) is 38.6 Å². The number of para-hydroxylation sites is 2. The van der Waals surface area contributed by atoms with Crippen LogP contribution in [0.3, 0.4) is 0 Å². The van der Waals surface area contributed by atoms with Gasteiger partial charge in [-0.15, -0.1) is 10.2 Å². The highest BCUT2D eigenvalue weighted by atomic mass is 32.2. The fourth-order valence-electron chi connectivity index (χ4n) is 3.23. The van der Waals surface area contributed by atoms with Crippen LogP contribution in [0, 0.1) is 5.92 Å². The Bertz CT molecular complexity index is 836. The smallest absolute Gasteiger partial charge is 0.233 e. The maximum Gasteiger partial charge on any atom is 0.233 e. The minimum absolute atomic E-state index is 0.0993. The van der Waals surface area contributed by atoms with Crippen molar-refractivity contribution in [2.75, 3.05) is 39.2 Å². The minimum Gasteiger partial charge on any atom is -0.493 e. The number of nitrogens with zero attached hydrogens (tertiary/aromatic N) is 4. The van der Waals surface area contributed by atoms with Crippen LogP contribution >= 0.6 is 11.8 Å². The lowest BCUT2D eigenvalue weighted by atomic mass is 10.2. The summed E-state index contributed by atoms with van der Waals surface area (Å²) in [5.41, 5.74) is 0. The van der Waals surface area contributed by atoms with E-state index in [2.05, 4.69) is 28.6 Å². The molecule has 30 heavy (non-hydrogen) atoms. The Morgan fingerprint density at radius 1 is 1.17 bits per heavy atom. The Kier molecular flexibility index (Phi) is 7.98. The first-order chi connectivity index (χ1) is 14.5. The first-order valence-electron chi connectivity index (χ1n) is 10.2. The molecule has 1 aliphatic heterocycles. The summed E-state index contributed by atoms with van der Waals surface area (Å²) in [5, 5.41) is 9.49. The third kappa shape index (κ3) is 5.66. The van der Waals surface area contributed by atoms with Gasteiger partial charge in [0, 0.05) is 19.6 Å². The van der Waals surface area contributed by atoms with Crippen molar-refractivity contribution in [3.8, 4) is 11.5 Å². The first-order valence-corrected chi connectivity index (χ1v) is 11.2. The zero-order chi connectivity index (χ0) is 21.5. The molecule has 0 saturated carbocycles. The molecule has 0 radical (unpaired) electrons. The molecule has 164 valence electrons. The number of carbonyl (C=O) groups is 1. The number of rotatable bonds is 9. The SMILES string of the molecule is COc1ccccc1OC(C)c1nnc(SCC(=O)N2CCOCC2)n1CC(C)C. The number of aromatic nitrogens is 3. The molecule has 3 rings (SSSR count). The molecule has 0 spiro atoms. The molecule has 0 bridgehead atoms. The van der Waals surface area contributed by atoms with Gasteiger partial charge >= 0.3 is 0 Å². The number of carbonyl (C=O) groups excluding carboxylic acids is 1. The molecule has 2 aromatic rings. The van der Waals surface area contributed by atoms with Gasteiger partial charge in [0.2, 0.25) is 5.91 Å². The molecule has 8 nitrogen and oxygen atoms in total. The van der Waals surface area contributed by atoms with Crippen molar-refractivity contribution in [3.63, 3.8) is 0 Å². The van der Waals surface area contributed by atoms with Crippen LogP contribution in [0.15, 0.2) is 29.4 Å². The Labute approximate surface area is 181 Å². The predicted octanol–water partition coefficient (Wildman–Crippen LogP) is 3.03. The molecule has 1 fully saturated rings. The summed E-state index contributed by atoms with van der Waals surface area (Å²) in [4.78, 5) is 14.4. The number of amides is 1. The zero-order valence-corrected chi connectivity index (χ0v) is 18.9. The van der Waals surface area contributed by atoms with Crippen LogP contribution in [-0.2, 0) is 16.1 Å². The quantitative estimate of drug-likeness (QED) is 0.561. The summed E-state index contributed by atoms with van der Waals surface area (Å²) in [6.07, 6.45) is -0.322. The van der Waals surface area contributed by atoms with E-state index in [0.29, 0.717) is 49.5 Å². The van der Waals surface area contributed by atoms with E-state index in [1.165, 1.54) is 11.8 Å². The van der Waals surface area contributed by atoms with Crippen LogP contribution in [0.2, 0.25) is 0 Å². The molecular formula is C21H30N4O4S. The van der Waals surface area contributed by atoms with E-state index in [-0.39, 0.29) is 12.0 Å². The molecule has 0 N–H and O–H groups in total. The average molecular weight is 435 g/mol. The van der Waals surface area contributed by atoms with E-state index >= 15 is 0 Å². The van der Waals surface area contributed by atoms with E-state index in [1.54, 1.807) is 7.11 Å². The van der Waals surface area contributed by atoms with Crippen molar-refractivity contribution in [1.82, 2.24) is 19.7 Å². The second-order valence-corrected chi connectivity index (χ2v) is 8.48. The molecule has 1 amide bonds. The van der Waals surface area contributed by atoms with Gasteiger partial charge in [0.15, 0.2) is 28.6 Å². The second-order valence-electron chi connectivity index (χ2n) is 7.54. The van der Waals surface area contributed by atoms with E-state index in [1.807, 2.05) is 36.1 Å². The standard InChI is InChI=1S/C21H30N4O4S/c1-15(2)13-25-20(16(3)29-18-8-6-5-7-17(18)27-4)22-23-21(25)30-14-19(26)24-9-11-28-12-10-24/h5-8,15-16H,9-14H2,1-4H3. The largest absolute Gasteiger partial charge is 0.493 e.